The molecule has 0 atom stereocenters. The number of hydrogen-bond acceptors (Lipinski definition) is 6. The minimum Gasteiger partial charge on any atom is -0.493 e. The number of aryl methyl sites for hydroxylation is 1. The minimum atomic E-state index is -3.74. The molecule has 8 heteroatoms. The van der Waals surface area contributed by atoms with Gasteiger partial charge in [0, 0.05) is 6.07 Å². The highest BCUT2D eigenvalue weighted by Gasteiger charge is 2.17. The molecule has 1 aromatic heterocycles. The van der Waals surface area contributed by atoms with Crippen LogP contribution >= 0.6 is 11.3 Å². The minimum absolute atomic E-state index is 0.101. The van der Waals surface area contributed by atoms with Crippen LogP contribution in [0.2, 0.25) is 0 Å². The molecular weight excluding hydrogens is 360 g/mol. The summed E-state index contributed by atoms with van der Waals surface area (Å²) in [6.07, 6.45) is 0.853. The standard InChI is InChI=1S/C17H18N2O4S2/c1-4-17-18-13-7-5-11(9-16(13)24-17)19-25(20,21)12-6-8-14(22-2)15(10-12)23-3/h5-10,19H,4H2,1-3H3. The fourth-order valence-electron chi connectivity index (χ4n) is 2.38. The van der Waals surface area contributed by atoms with E-state index < -0.39 is 10.0 Å². The van der Waals surface area contributed by atoms with Crippen molar-refractivity contribution in [2.75, 3.05) is 18.9 Å². The molecule has 3 rings (SSSR count). The lowest BCUT2D eigenvalue weighted by molar-refractivity contribution is 0.354. The number of sulfonamides is 1. The predicted octanol–water partition coefficient (Wildman–Crippen LogP) is 3.68. The number of anilines is 1. The first-order valence-electron chi connectivity index (χ1n) is 7.61. The summed E-state index contributed by atoms with van der Waals surface area (Å²) >= 11 is 1.56. The van der Waals surface area contributed by atoms with Gasteiger partial charge in [-0.3, -0.25) is 4.72 Å². The number of aromatic nitrogens is 1. The number of nitrogens with one attached hydrogen (secondary N) is 1. The fraction of sp³-hybridized carbons (Fsp3) is 0.235. The maximum atomic E-state index is 12.6. The zero-order valence-electron chi connectivity index (χ0n) is 14.1. The smallest absolute Gasteiger partial charge is 0.262 e. The average Bonchev–Trinajstić information content (AvgIpc) is 3.03. The average molecular weight is 378 g/mol. The summed E-state index contributed by atoms with van der Waals surface area (Å²) in [6.45, 7) is 2.04. The van der Waals surface area contributed by atoms with Gasteiger partial charge < -0.3 is 9.47 Å². The van der Waals surface area contributed by atoms with E-state index in [0.717, 1.165) is 21.6 Å². The number of nitrogens with zero attached hydrogens (tertiary/aromatic N) is 1. The molecule has 0 amide bonds. The number of thiazole rings is 1. The van der Waals surface area contributed by atoms with Gasteiger partial charge in [0.05, 0.1) is 40.0 Å². The van der Waals surface area contributed by atoms with Gasteiger partial charge in [0.25, 0.3) is 10.0 Å². The topological polar surface area (TPSA) is 77.5 Å². The lowest BCUT2D eigenvalue weighted by atomic mass is 10.3. The van der Waals surface area contributed by atoms with Crippen molar-refractivity contribution in [1.29, 1.82) is 0 Å². The molecule has 0 spiro atoms. The number of fused-ring (bicyclic) bond motifs is 1. The number of benzene rings is 2. The molecule has 2 aromatic carbocycles. The molecule has 0 bridgehead atoms. The Bertz CT molecular complexity index is 1010. The fourth-order valence-corrected chi connectivity index (χ4v) is 4.40. The Morgan fingerprint density at radius 2 is 1.84 bits per heavy atom. The van der Waals surface area contributed by atoms with Crippen molar-refractivity contribution >= 4 is 37.3 Å². The van der Waals surface area contributed by atoms with E-state index in [9.17, 15) is 8.42 Å². The van der Waals surface area contributed by atoms with Gasteiger partial charge in [-0.15, -0.1) is 11.3 Å². The summed E-state index contributed by atoms with van der Waals surface area (Å²) in [6, 6.07) is 9.79. The van der Waals surface area contributed by atoms with Crippen LogP contribution in [-0.2, 0) is 16.4 Å². The normalized spacial score (nSPS) is 11.5. The molecule has 6 nitrogen and oxygen atoms in total. The number of ether oxygens (including phenoxy) is 2. The van der Waals surface area contributed by atoms with Gasteiger partial charge in [0.15, 0.2) is 11.5 Å². The molecule has 0 aliphatic carbocycles. The van der Waals surface area contributed by atoms with Gasteiger partial charge in [-0.25, -0.2) is 13.4 Å². The Morgan fingerprint density at radius 3 is 2.52 bits per heavy atom. The second-order valence-corrected chi connectivity index (χ2v) is 8.06. The largest absolute Gasteiger partial charge is 0.493 e. The van der Waals surface area contributed by atoms with Crippen molar-refractivity contribution < 1.29 is 17.9 Å². The van der Waals surface area contributed by atoms with Gasteiger partial charge >= 0.3 is 0 Å². The molecule has 0 radical (unpaired) electrons. The highest BCUT2D eigenvalue weighted by atomic mass is 32.2. The van der Waals surface area contributed by atoms with Gasteiger partial charge in [-0.2, -0.15) is 0 Å². The Balaban J connectivity index is 1.93. The summed E-state index contributed by atoms with van der Waals surface area (Å²) in [7, 11) is -0.778. The lowest BCUT2D eigenvalue weighted by Crippen LogP contribution is -2.13. The molecule has 0 aliphatic rings. The molecule has 3 aromatic rings. The van der Waals surface area contributed by atoms with Crippen molar-refractivity contribution in [3.63, 3.8) is 0 Å². The molecule has 0 saturated carbocycles. The number of hydrogen-bond donors (Lipinski definition) is 1. The van der Waals surface area contributed by atoms with Crippen LogP contribution in [0.4, 0.5) is 5.69 Å². The monoisotopic (exact) mass is 378 g/mol. The Kier molecular flexibility index (Phi) is 4.82. The lowest BCUT2D eigenvalue weighted by Gasteiger charge is -2.11. The predicted molar refractivity (Wildman–Crippen MR) is 99.4 cm³/mol. The Labute approximate surface area is 150 Å². The third kappa shape index (κ3) is 3.54. The van der Waals surface area contributed by atoms with Gasteiger partial charge in [0.1, 0.15) is 0 Å². The first-order chi connectivity index (χ1) is 12.0. The summed E-state index contributed by atoms with van der Waals surface area (Å²) in [5.74, 6) is 0.829. The van der Waals surface area contributed by atoms with Gasteiger partial charge in [0.2, 0.25) is 0 Å². The summed E-state index contributed by atoms with van der Waals surface area (Å²) in [4.78, 5) is 4.58. The van der Waals surface area contributed by atoms with E-state index in [1.54, 1.807) is 29.5 Å². The molecule has 0 aliphatic heterocycles. The van der Waals surface area contributed by atoms with Crippen LogP contribution in [0, 0.1) is 0 Å². The summed E-state index contributed by atoms with van der Waals surface area (Å²) in [5, 5.41) is 1.02. The Morgan fingerprint density at radius 1 is 1.08 bits per heavy atom. The molecule has 25 heavy (non-hydrogen) atoms. The van der Waals surface area contributed by atoms with E-state index in [0.29, 0.717) is 17.2 Å². The van der Waals surface area contributed by atoms with Gasteiger partial charge in [-0.1, -0.05) is 6.92 Å². The van der Waals surface area contributed by atoms with Crippen molar-refractivity contribution in [3.05, 3.63) is 41.4 Å². The van der Waals surface area contributed by atoms with E-state index in [4.69, 9.17) is 9.47 Å². The van der Waals surface area contributed by atoms with Crippen LogP contribution < -0.4 is 14.2 Å². The van der Waals surface area contributed by atoms with E-state index in [1.165, 1.54) is 26.4 Å². The third-order valence-corrected chi connectivity index (χ3v) is 6.19. The van der Waals surface area contributed by atoms with Crippen molar-refractivity contribution in [2.24, 2.45) is 0 Å². The first-order valence-corrected chi connectivity index (χ1v) is 9.91. The molecule has 1 heterocycles. The summed E-state index contributed by atoms with van der Waals surface area (Å²) < 4.78 is 39.1. The van der Waals surface area contributed by atoms with Crippen LogP contribution in [0.5, 0.6) is 11.5 Å². The number of rotatable bonds is 6. The van der Waals surface area contributed by atoms with E-state index >= 15 is 0 Å². The van der Waals surface area contributed by atoms with Crippen molar-refractivity contribution in [2.45, 2.75) is 18.2 Å². The Hall–Kier alpha value is -2.32. The van der Waals surface area contributed by atoms with Crippen LogP contribution in [-0.4, -0.2) is 27.6 Å². The van der Waals surface area contributed by atoms with Crippen LogP contribution in [0.3, 0.4) is 0 Å². The maximum absolute atomic E-state index is 12.6. The second kappa shape index (κ2) is 6.89. The van der Waals surface area contributed by atoms with Crippen LogP contribution in [0.15, 0.2) is 41.3 Å². The maximum Gasteiger partial charge on any atom is 0.262 e. The first kappa shape index (κ1) is 17.5. The van der Waals surface area contributed by atoms with E-state index in [-0.39, 0.29) is 4.90 Å². The van der Waals surface area contributed by atoms with Crippen LogP contribution in [0.25, 0.3) is 10.2 Å². The second-order valence-electron chi connectivity index (χ2n) is 5.27. The zero-order valence-corrected chi connectivity index (χ0v) is 15.7. The third-order valence-electron chi connectivity index (χ3n) is 3.65. The highest BCUT2D eigenvalue weighted by molar-refractivity contribution is 7.92. The molecule has 0 saturated heterocycles. The number of methoxy groups -OCH3 is 2. The highest BCUT2D eigenvalue weighted by Crippen LogP contribution is 2.31. The zero-order chi connectivity index (χ0) is 18.0. The van der Waals surface area contributed by atoms with E-state index in [2.05, 4.69) is 9.71 Å². The van der Waals surface area contributed by atoms with Crippen molar-refractivity contribution in [3.8, 4) is 11.5 Å². The SMILES string of the molecule is CCc1nc2ccc(NS(=O)(=O)c3ccc(OC)c(OC)c3)cc2s1. The molecule has 1 N–H and O–H groups in total. The summed E-state index contributed by atoms with van der Waals surface area (Å²) in [5.41, 5.74) is 1.37. The van der Waals surface area contributed by atoms with E-state index in [1.807, 2.05) is 13.0 Å². The molecule has 0 unspecified atom stereocenters. The van der Waals surface area contributed by atoms with Crippen LogP contribution in [0.1, 0.15) is 11.9 Å². The van der Waals surface area contributed by atoms with Gasteiger partial charge in [-0.05, 0) is 36.8 Å². The quantitative estimate of drug-likeness (QED) is 0.708. The van der Waals surface area contributed by atoms with Crippen molar-refractivity contribution in [1.82, 2.24) is 4.98 Å². The molecule has 0 fully saturated rings. The molecular formula is C17H18N2O4S2. The molecule has 132 valence electrons.